The first-order chi connectivity index (χ1) is 12.9. The van der Waals surface area contributed by atoms with Crippen molar-refractivity contribution in [3.05, 3.63) is 0 Å². The minimum Gasteiger partial charge on any atom is -0.309 e. The first kappa shape index (κ1) is 27.3. The fraction of sp³-hybridized carbons (Fsp3) is 1.00. The molecule has 0 aliphatic heterocycles. The van der Waals surface area contributed by atoms with E-state index in [1.165, 1.54) is 0 Å². The van der Waals surface area contributed by atoms with Crippen LogP contribution in [0.4, 0.5) is 0 Å². The highest BCUT2D eigenvalue weighted by Gasteiger charge is 2.29. The standard InChI is InChI=1S/C19H42O6P2/c1-5-9-14-22-26(20,23-15-10-6-2)18-13-19-27(21,24-16-11-7-3)25-17-12-8-4/h5-19H2,1-4H3. The van der Waals surface area contributed by atoms with Crippen molar-refractivity contribution >= 4 is 15.2 Å². The van der Waals surface area contributed by atoms with E-state index in [-0.39, 0.29) is 12.3 Å². The van der Waals surface area contributed by atoms with Gasteiger partial charge in [0.25, 0.3) is 0 Å². The molecule has 0 N–H and O–H groups in total. The van der Waals surface area contributed by atoms with Crippen LogP contribution in [-0.2, 0) is 27.2 Å². The van der Waals surface area contributed by atoms with Crippen LogP contribution < -0.4 is 0 Å². The van der Waals surface area contributed by atoms with Crippen LogP contribution in [0.5, 0.6) is 0 Å². The lowest BCUT2D eigenvalue weighted by atomic mass is 10.4. The van der Waals surface area contributed by atoms with E-state index >= 15 is 0 Å². The highest BCUT2D eigenvalue weighted by atomic mass is 31.2. The molecule has 8 heteroatoms. The van der Waals surface area contributed by atoms with Gasteiger partial charge in [0.05, 0.1) is 38.8 Å². The Balaban J connectivity index is 4.65. The predicted molar refractivity (Wildman–Crippen MR) is 113 cm³/mol. The molecule has 0 aromatic heterocycles. The monoisotopic (exact) mass is 428 g/mol. The van der Waals surface area contributed by atoms with Crippen molar-refractivity contribution in [1.82, 2.24) is 0 Å². The molecule has 0 bridgehead atoms. The second-order valence-electron chi connectivity index (χ2n) is 6.77. The van der Waals surface area contributed by atoms with Crippen LogP contribution in [0.1, 0.15) is 85.5 Å². The minimum atomic E-state index is -3.16. The SMILES string of the molecule is CCCCOP(=O)(CCCP(=O)(OCCCC)OCCCC)OCCCC. The van der Waals surface area contributed by atoms with Crippen LogP contribution in [0.3, 0.4) is 0 Å². The molecule has 0 amide bonds. The van der Waals surface area contributed by atoms with Gasteiger partial charge in [-0.1, -0.05) is 53.4 Å². The van der Waals surface area contributed by atoms with Crippen molar-refractivity contribution in [1.29, 1.82) is 0 Å². The van der Waals surface area contributed by atoms with Crippen LogP contribution in [0, 0.1) is 0 Å². The summed E-state index contributed by atoms with van der Waals surface area (Å²) in [4.78, 5) is 0. The first-order valence-electron chi connectivity index (χ1n) is 10.7. The van der Waals surface area contributed by atoms with Crippen LogP contribution in [0.2, 0.25) is 0 Å². The average molecular weight is 428 g/mol. The van der Waals surface area contributed by atoms with Gasteiger partial charge < -0.3 is 18.1 Å². The van der Waals surface area contributed by atoms with E-state index in [1.54, 1.807) is 0 Å². The summed E-state index contributed by atoms with van der Waals surface area (Å²) >= 11 is 0. The van der Waals surface area contributed by atoms with Gasteiger partial charge in [-0.15, -0.1) is 0 Å². The van der Waals surface area contributed by atoms with Crippen LogP contribution in [0.25, 0.3) is 0 Å². The quantitative estimate of drug-likeness (QED) is 0.153. The van der Waals surface area contributed by atoms with E-state index in [0.29, 0.717) is 32.8 Å². The molecular formula is C19H42O6P2. The molecule has 164 valence electrons. The smallest absolute Gasteiger partial charge is 0.309 e. The summed E-state index contributed by atoms with van der Waals surface area (Å²) in [5.41, 5.74) is 0. The molecule has 0 atom stereocenters. The van der Waals surface area contributed by atoms with Crippen LogP contribution >= 0.6 is 15.2 Å². The van der Waals surface area contributed by atoms with Crippen molar-refractivity contribution in [2.45, 2.75) is 85.5 Å². The minimum absolute atomic E-state index is 0.249. The Kier molecular flexibility index (Phi) is 17.4. The highest BCUT2D eigenvalue weighted by Crippen LogP contribution is 2.53. The molecule has 0 unspecified atom stereocenters. The number of hydrogen-bond donors (Lipinski definition) is 0. The fourth-order valence-electron chi connectivity index (χ4n) is 2.18. The highest BCUT2D eigenvalue weighted by molar-refractivity contribution is 7.54. The van der Waals surface area contributed by atoms with Gasteiger partial charge in [-0.25, -0.2) is 0 Å². The lowest BCUT2D eigenvalue weighted by Crippen LogP contribution is -2.07. The Labute approximate surface area is 167 Å². The van der Waals surface area contributed by atoms with Gasteiger partial charge >= 0.3 is 15.2 Å². The lowest BCUT2D eigenvalue weighted by molar-refractivity contribution is 0.196. The average Bonchev–Trinajstić information content (AvgIpc) is 2.63. The zero-order valence-corrected chi connectivity index (χ0v) is 19.7. The Bertz CT molecular complexity index is 364. The summed E-state index contributed by atoms with van der Waals surface area (Å²) in [6, 6.07) is 0. The second-order valence-corrected chi connectivity index (χ2v) is 11.1. The van der Waals surface area contributed by atoms with Gasteiger partial charge in [-0.3, -0.25) is 9.13 Å². The molecule has 0 spiro atoms. The largest absolute Gasteiger partial charge is 0.330 e. The first-order valence-corrected chi connectivity index (χ1v) is 14.2. The Hall–Kier alpha value is 0.300. The summed E-state index contributed by atoms with van der Waals surface area (Å²) in [7, 11) is -6.32. The van der Waals surface area contributed by atoms with Crippen molar-refractivity contribution in [3.63, 3.8) is 0 Å². The molecule has 0 rings (SSSR count). The van der Waals surface area contributed by atoms with E-state index in [2.05, 4.69) is 27.7 Å². The van der Waals surface area contributed by atoms with Crippen molar-refractivity contribution < 1.29 is 27.2 Å². The van der Waals surface area contributed by atoms with E-state index in [9.17, 15) is 9.13 Å². The second kappa shape index (κ2) is 17.2. The third-order valence-corrected chi connectivity index (χ3v) is 8.04. The molecule has 0 aliphatic carbocycles. The Morgan fingerprint density at radius 3 is 0.963 bits per heavy atom. The molecule has 0 saturated heterocycles. The van der Waals surface area contributed by atoms with Gasteiger partial charge in [-0.2, -0.15) is 0 Å². The molecule has 0 aromatic rings. The van der Waals surface area contributed by atoms with Gasteiger partial charge in [-0.05, 0) is 32.1 Å². The van der Waals surface area contributed by atoms with Gasteiger partial charge in [0.2, 0.25) is 0 Å². The summed E-state index contributed by atoms with van der Waals surface area (Å²) in [6.07, 6.45) is 8.21. The topological polar surface area (TPSA) is 71.1 Å². The molecule has 0 heterocycles. The molecule has 6 nitrogen and oxygen atoms in total. The molecule has 0 saturated carbocycles. The van der Waals surface area contributed by atoms with Gasteiger partial charge in [0.1, 0.15) is 0 Å². The fourth-order valence-corrected chi connectivity index (χ4v) is 5.82. The van der Waals surface area contributed by atoms with Crippen molar-refractivity contribution in [2.75, 3.05) is 38.8 Å². The summed E-state index contributed by atoms with van der Waals surface area (Å²) in [5, 5.41) is 0. The maximum Gasteiger partial charge on any atom is 0.330 e. The number of rotatable bonds is 20. The zero-order chi connectivity index (χ0) is 20.4. The summed E-state index contributed by atoms with van der Waals surface area (Å²) in [6.45, 7) is 9.95. The molecule has 0 radical (unpaired) electrons. The van der Waals surface area contributed by atoms with Crippen LogP contribution in [-0.4, -0.2) is 38.8 Å². The molecule has 0 aromatic carbocycles. The number of unbranched alkanes of at least 4 members (excludes halogenated alkanes) is 4. The molecular weight excluding hydrogens is 386 g/mol. The van der Waals surface area contributed by atoms with E-state index < -0.39 is 15.2 Å². The Morgan fingerprint density at radius 2 is 0.741 bits per heavy atom. The van der Waals surface area contributed by atoms with Crippen molar-refractivity contribution in [2.24, 2.45) is 0 Å². The van der Waals surface area contributed by atoms with E-state index in [1.807, 2.05) is 0 Å². The molecule has 0 aliphatic rings. The maximum absolute atomic E-state index is 13.0. The predicted octanol–water partition coefficient (Wildman–Crippen LogP) is 7.03. The maximum atomic E-state index is 13.0. The Morgan fingerprint density at radius 1 is 0.481 bits per heavy atom. The summed E-state index contributed by atoms with van der Waals surface area (Å²) < 4.78 is 48.3. The van der Waals surface area contributed by atoms with Crippen LogP contribution in [0.15, 0.2) is 0 Å². The third-order valence-electron chi connectivity index (χ3n) is 4.01. The normalized spacial score (nSPS) is 12.6. The van der Waals surface area contributed by atoms with Gasteiger partial charge in [0.15, 0.2) is 0 Å². The van der Waals surface area contributed by atoms with Crippen molar-refractivity contribution in [3.8, 4) is 0 Å². The van der Waals surface area contributed by atoms with Gasteiger partial charge in [0, 0.05) is 0 Å². The molecule has 0 fully saturated rings. The number of hydrogen-bond acceptors (Lipinski definition) is 6. The zero-order valence-electron chi connectivity index (χ0n) is 18.0. The third kappa shape index (κ3) is 14.9. The van der Waals surface area contributed by atoms with E-state index in [4.69, 9.17) is 18.1 Å². The summed E-state index contributed by atoms with van der Waals surface area (Å²) in [5.74, 6) is 0. The van der Waals surface area contributed by atoms with E-state index in [0.717, 1.165) is 51.4 Å². The lowest BCUT2D eigenvalue weighted by Gasteiger charge is -2.21. The molecule has 27 heavy (non-hydrogen) atoms.